The molecule has 1 aliphatic rings. The molecule has 2 N–H and O–H groups in total. The van der Waals surface area contributed by atoms with Crippen LogP contribution >= 0.6 is 0 Å². The zero-order valence-electron chi connectivity index (χ0n) is 13.9. The van der Waals surface area contributed by atoms with Gasteiger partial charge in [-0.2, -0.15) is 0 Å². The van der Waals surface area contributed by atoms with Crippen LogP contribution in [0.2, 0.25) is 0 Å². The number of nitrogens with zero attached hydrogens (tertiary/aromatic N) is 1. The highest BCUT2D eigenvalue weighted by Crippen LogP contribution is 2.15. The summed E-state index contributed by atoms with van der Waals surface area (Å²) in [5.41, 5.74) is 0.777. The topological polar surface area (TPSA) is 70.7 Å². The van der Waals surface area contributed by atoms with Gasteiger partial charge in [-0.3, -0.25) is 15.0 Å². The van der Waals surface area contributed by atoms with Crippen molar-refractivity contribution in [2.24, 2.45) is 0 Å². The fourth-order valence-corrected chi connectivity index (χ4v) is 2.73. The van der Waals surface area contributed by atoms with E-state index in [0.717, 1.165) is 25.0 Å². The maximum atomic E-state index is 13.4. The number of rotatable bonds is 7. The molecule has 1 aliphatic heterocycles. The minimum absolute atomic E-state index is 0.0491. The van der Waals surface area contributed by atoms with Crippen LogP contribution in [0.25, 0.3) is 0 Å². The highest BCUT2D eigenvalue weighted by Gasteiger charge is 2.21. The Balaban J connectivity index is 1.96. The van der Waals surface area contributed by atoms with E-state index < -0.39 is 11.9 Å². The van der Waals surface area contributed by atoms with Crippen molar-refractivity contribution in [3.05, 3.63) is 35.6 Å². The van der Waals surface area contributed by atoms with Crippen molar-refractivity contribution in [1.82, 2.24) is 15.5 Å². The number of carbonyl (C=O) groups is 2. The van der Waals surface area contributed by atoms with Crippen LogP contribution in [0, 0.1) is 5.82 Å². The number of ether oxygens (including phenoxy) is 1. The molecule has 0 spiro atoms. The van der Waals surface area contributed by atoms with Gasteiger partial charge in [-0.15, -0.1) is 0 Å². The number of nitrogens with one attached hydrogen (secondary N) is 2. The van der Waals surface area contributed by atoms with Crippen molar-refractivity contribution in [1.29, 1.82) is 0 Å². The van der Waals surface area contributed by atoms with E-state index in [1.54, 1.807) is 13.0 Å². The predicted molar refractivity (Wildman–Crippen MR) is 87.9 cm³/mol. The summed E-state index contributed by atoms with van der Waals surface area (Å²) in [6.07, 6.45) is 2.01. The Labute approximate surface area is 141 Å². The summed E-state index contributed by atoms with van der Waals surface area (Å²) < 4.78 is 19.0. The molecule has 3 amide bonds. The quantitative estimate of drug-likeness (QED) is 0.794. The van der Waals surface area contributed by atoms with Crippen molar-refractivity contribution in [3.63, 3.8) is 0 Å². The summed E-state index contributed by atoms with van der Waals surface area (Å²) in [4.78, 5) is 25.4. The molecule has 1 heterocycles. The maximum absolute atomic E-state index is 13.4. The second-order valence-electron chi connectivity index (χ2n) is 5.84. The second-order valence-corrected chi connectivity index (χ2v) is 5.84. The van der Waals surface area contributed by atoms with Crippen molar-refractivity contribution in [2.75, 3.05) is 26.2 Å². The molecule has 0 aromatic heterocycles. The van der Waals surface area contributed by atoms with Crippen molar-refractivity contribution in [3.8, 4) is 0 Å². The lowest BCUT2D eigenvalue weighted by Gasteiger charge is -2.24. The SMILES string of the molecule is CCNC(=O)NC(=O)CN(Cc1cccc(F)c1)C[C@@H]1CCCO1. The van der Waals surface area contributed by atoms with Gasteiger partial charge in [0.2, 0.25) is 5.91 Å². The van der Waals surface area contributed by atoms with E-state index in [-0.39, 0.29) is 18.5 Å². The standard InChI is InChI=1S/C17H24FN3O3/c1-2-19-17(23)20-16(22)12-21(11-15-7-4-8-24-15)10-13-5-3-6-14(18)9-13/h3,5-6,9,15H,2,4,7-8,10-12H2,1H3,(H2,19,20,22,23)/t15-/m0/s1. The molecule has 1 fully saturated rings. The molecule has 1 aromatic rings. The number of amides is 3. The van der Waals surface area contributed by atoms with Crippen LogP contribution < -0.4 is 10.6 Å². The molecule has 24 heavy (non-hydrogen) atoms. The van der Waals surface area contributed by atoms with Crippen LogP contribution in [-0.4, -0.2) is 49.2 Å². The molecule has 0 radical (unpaired) electrons. The van der Waals surface area contributed by atoms with E-state index >= 15 is 0 Å². The Morgan fingerprint density at radius 1 is 1.42 bits per heavy atom. The summed E-state index contributed by atoms with van der Waals surface area (Å²) in [5, 5.41) is 4.80. The lowest BCUT2D eigenvalue weighted by Crippen LogP contribution is -2.45. The van der Waals surface area contributed by atoms with Crippen LogP contribution in [0.4, 0.5) is 9.18 Å². The number of urea groups is 1. The Bertz CT molecular complexity index is 562. The molecule has 0 aliphatic carbocycles. The highest BCUT2D eigenvalue weighted by atomic mass is 19.1. The molecule has 0 bridgehead atoms. The lowest BCUT2D eigenvalue weighted by atomic mass is 10.1. The van der Waals surface area contributed by atoms with Crippen LogP contribution in [0.15, 0.2) is 24.3 Å². The first-order chi connectivity index (χ1) is 11.6. The number of hydrogen-bond donors (Lipinski definition) is 2. The summed E-state index contributed by atoms with van der Waals surface area (Å²) in [5.74, 6) is -0.702. The summed E-state index contributed by atoms with van der Waals surface area (Å²) >= 11 is 0. The van der Waals surface area contributed by atoms with Gasteiger partial charge in [-0.05, 0) is 37.5 Å². The minimum atomic E-state index is -0.509. The van der Waals surface area contributed by atoms with Gasteiger partial charge in [0.25, 0.3) is 0 Å². The minimum Gasteiger partial charge on any atom is -0.377 e. The molecule has 0 unspecified atom stereocenters. The fraction of sp³-hybridized carbons (Fsp3) is 0.529. The average molecular weight is 337 g/mol. The van der Waals surface area contributed by atoms with Gasteiger partial charge in [-0.1, -0.05) is 12.1 Å². The zero-order valence-corrected chi connectivity index (χ0v) is 13.9. The molecule has 1 aromatic carbocycles. The van der Waals surface area contributed by atoms with Gasteiger partial charge in [0.05, 0.1) is 12.6 Å². The number of carbonyl (C=O) groups excluding carboxylic acids is 2. The summed E-state index contributed by atoms with van der Waals surface area (Å²) in [6, 6.07) is 5.78. The fourth-order valence-electron chi connectivity index (χ4n) is 2.73. The van der Waals surface area contributed by atoms with E-state index in [1.807, 2.05) is 11.0 Å². The number of imide groups is 1. The van der Waals surface area contributed by atoms with E-state index in [9.17, 15) is 14.0 Å². The highest BCUT2D eigenvalue weighted by molar-refractivity contribution is 5.95. The van der Waals surface area contributed by atoms with Gasteiger partial charge in [0.15, 0.2) is 0 Å². The molecule has 1 saturated heterocycles. The third-order valence-corrected chi connectivity index (χ3v) is 3.74. The Kier molecular flexibility index (Phi) is 7.14. The molecular formula is C17H24FN3O3. The van der Waals surface area contributed by atoms with Gasteiger partial charge < -0.3 is 10.1 Å². The van der Waals surface area contributed by atoms with Crippen LogP contribution in [0.1, 0.15) is 25.3 Å². The summed E-state index contributed by atoms with van der Waals surface area (Å²) in [7, 11) is 0. The largest absolute Gasteiger partial charge is 0.377 e. The van der Waals surface area contributed by atoms with Crippen LogP contribution in [0.5, 0.6) is 0 Å². The smallest absolute Gasteiger partial charge is 0.321 e. The maximum Gasteiger partial charge on any atom is 0.321 e. The third kappa shape index (κ3) is 6.25. The normalized spacial score (nSPS) is 17.0. The predicted octanol–water partition coefficient (Wildman–Crippen LogP) is 1.65. The molecular weight excluding hydrogens is 313 g/mol. The zero-order chi connectivity index (χ0) is 17.4. The number of hydrogen-bond acceptors (Lipinski definition) is 4. The number of benzene rings is 1. The van der Waals surface area contributed by atoms with Crippen molar-refractivity contribution in [2.45, 2.75) is 32.4 Å². The Morgan fingerprint density at radius 2 is 2.25 bits per heavy atom. The molecule has 1 atom stereocenters. The molecule has 132 valence electrons. The Morgan fingerprint density at radius 3 is 2.92 bits per heavy atom. The van der Waals surface area contributed by atoms with E-state index in [0.29, 0.717) is 19.6 Å². The molecule has 2 rings (SSSR count). The first kappa shape index (κ1) is 18.4. The monoisotopic (exact) mass is 337 g/mol. The molecule has 7 heteroatoms. The van der Waals surface area contributed by atoms with E-state index in [1.165, 1.54) is 12.1 Å². The van der Waals surface area contributed by atoms with Crippen molar-refractivity contribution >= 4 is 11.9 Å². The van der Waals surface area contributed by atoms with E-state index in [4.69, 9.17) is 4.74 Å². The lowest BCUT2D eigenvalue weighted by molar-refractivity contribution is -0.121. The molecule has 0 saturated carbocycles. The second kappa shape index (κ2) is 9.34. The van der Waals surface area contributed by atoms with Crippen LogP contribution in [-0.2, 0) is 16.1 Å². The van der Waals surface area contributed by atoms with Gasteiger partial charge >= 0.3 is 6.03 Å². The molecule has 6 nitrogen and oxygen atoms in total. The first-order valence-electron chi connectivity index (χ1n) is 8.23. The van der Waals surface area contributed by atoms with Gasteiger partial charge in [0.1, 0.15) is 5.82 Å². The average Bonchev–Trinajstić information content (AvgIpc) is 3.00. The van der Waals surface area contributed by atoms with Crippen molar-refractivity contribution < 1.29 is 18.7 Å². The third-order valence-electron chi connectivity index (χ3n) is 3.74. The first-order valence-corrected chi connectivity index (χ1v) is 8.23. The van der Waals surface area contributed by atoms with E-state index in [2.05, 4.69) is 10.6 Å². The Hall–Kier alpha value is -1.99. The summed E-state index contributed by atoms with van der Waals surface area (Å²) in [6.45, 7) is 3.98. The van der Waals surface area contributed by atoms with Crippen LogP contribution in [0.3, 0.4) is 0 Å². The van der Waals surface area contributed by atoms with Gasteiger partial charge in [0, 0.05) is 26.2 Å². The number of halogens is 1. The van der Waals surface area contributed by atoms with Gasteiger partial charge in [-0.25, -0.2) is 9.18 Å².